The summed E-state index contributed by atoms with van der Waals surface area (Å²) in [5, 5.41) is 0. The first-order valence-corrected chi connectivity index (χ1v) is 9.30. The molecule has 27 heavy (non-hydrogen) atoms. The Hall–Kier alpha value is -2.54. The number of fused-ring (bicyclic) bond motifs is 2. The fraction of sp³-hybridized carbons (Fsp3) is 0.300. The van der Waals surface area contributed by atoms with E-state index in [1.54, 1.807) is 26.4 Å². The number of benzene rings is 2. The predicted molar refractivity (Wildman–Crippen MR) is 103 cm³/mol. The second-order valence-electron chi connectivity index (χ2n) is 6.40. The first kappa shape index (κ1) is 17.9. The molecule has 0 spiro atoms. The topological polar surface area (TPSA) is 57.0 Å². The normalized spacial score (nSPS) is 14.8. The maximum Gasteiger partial charge on any atom is 0.258 e. The first-order chi connectivity index (χ1) is 13.0. The molecular weight excluding hydrogens is 414 g/mol. The molecule has 0 atom stereocenters. The number of hydrogen-bond donors (Lipinski definition) is 0. The van der Waals surface area contributed by atoms with Gasteiger partial charge < -0.3 is 18.9 Å². The third-order valence-corrected chi connectivity index (χ3v) is 5.54. The van der Waals surface area contributed by atoms with Crippen molar-refractivity contribution in [3.63, 3.8) is 0 Å². The zero-order valence-electron chi connectivity index (χ0n) is 15.3. The Labute approximate surface area is 165 Å². The van der Waals surface area contributed by atoms with Crippen LogP contribution in [0.5, 0.6) is 23.0 Å². The van der Waals surface area contributed by atoms with Crippen LogP contribution in [0.3, 0.4) is 0 Å². The highest BCUT2D eigenvalue weighted by Gasteiger charge is 2.34. The van der Waals surface area contributed by atoms with Crippen molar-refractivity contribution in [1.29, 1.82) is 0 Å². The van der Waals surface area contributed by atoms with E-state index in [4.69, 9.17) is 18.9 Å². The van der Waals surface area contributed by atoms with Crippen LogP contribution in [0.15, 0.2) is 28.7 Å². The van der Waals surface area contributed by atoms with E-state index in [9.17, 15) is 4.79 Å². The molecular formula is C20H19BrNO5+. The first-order valence-electron chi connectivity index (χ1n) is 8.50. The summed E-state index contributed by atoms with van der Waals surface area (Å²) in [5.41, 5.74) is 3.07. The van der Waals surface area contributed by atoms with E-state index < -0.39 is 0 Å². The fourth-order valence-corrected chi connectivity index (χ4v) is 3.97. The van der Waals surface area contributed by atoms with Crippen LogP contribution in [0.4, 0.5) is 0 Å². The zero-order valence-corrected chi connectivity index (χ0v) is 16.9. The van der Waals surface area contributed by atoms with Gasteiger partial charge in [0.15, 0.2) is 23.0 Å². The van der Waals surface area contributed by atoms with Crippen molar-refractivity contribution < 1.29 is 28.3 Å². The number of ether oxygens (including phenoxy) is 4. The number of halogens is 1. The highest BCUT2D eigenvalue weighted by molar-refractivity contribution is 9.10. The molecule has 0 amide bonds. The van der Waals surface area contributed by atoms with Gasteiger partial charge in [0.25, 0.3) is 11.5 Å². The monoisotopic (exact) mass is 432 g/mol. The third kappa shape index (κ3) is 2.96. The van der Waals surface area contributed by atoms with Crippen LogP contribution in [-0.4, -0.2) is 50.7 Å². The minimum Gasteiger partial charge on any atom is -0.493 e. The van der Waals surface area contributed by atoms with Crippen LogP contribution >= 0.6 is 15.9 Å². The SMILES string of the molecule is COc1cc2c(cc1OC)C(C(=O)c1cc3c(cc1Br)OCO3)=[N+](C)CC2. The smallest absolute Gasteiger partial charge is 0.258 e. The summed E-state index contributed by atoms with van der Waals surface area (Å²) in [5.74, 6) is 2.38. The second kappa shape index (κ2) is 6.88. The molecule has 2 heterocycles. The molecule has 7 heteroatoms. The van der Waals surface area contributed by atoms with Gasteiger partial charge in [-0.25, -0.2) is 4.58 Å². The predicted octanol–water partition coefficient (Wildman–Crippen LogP) is 3.07. The van der Waals surface area contributed by atoms with E-state index in [-0.39, 0.29) is 12.6 Å². The van der Waals surface area contributed by atoms with Gasteiger partial charge in [0.05, 0.1) is 19.8 Å². The molecule has 0 radical (unpaired) electrons. The quantitative estimate of drug-likeness (QED) is 0.548. The highest BCUT2D eigenvalue weighted by Crippen LogP contribution is 2.38. The summed E-state index contributed by atoms with van der Waals surface area (Å²) >= 11 is 3.50. The minimum absolute atomic E-state index is 0.0872. The maximum absolute atomic E-state index is 13.5. The molecule has 140 valence electrons. The van der Waals surface area contributed by atoms with E-state index in [1.807, 2.05) is 23.8 Å². The van der Waals surface area contributed by atoms with Crippen molar-refractivity contribution in [3.8, 4) is 23.0 Å². The number of Topliss-reactive ketones (excluding diaryl/α,β-unsaturated/α-hetero) is 1. The largest absolute Gasteiger partial charge is 0.493 e. The lowest BCUT2D eigenvalue weighted by Gasteiger charge is -2.19. The Morgan fingerprint density at radius 3 is 2.44 bits per heavy atom. The van der Waals surface area contributed by atoms with E-state index >= 15 is 0 Å². The molecule has 0 saturated carbocycles. The summed E-state index contributed by atoms with van der Waals surface area (Å²) in [4.78, 5) is 13.5. The Morgan fingerprint density at radius 2 is 1.74 bits per heavy atom. The number of nitrogens with zero attached hydrogens (tertiary/aromatic N) is 1. The van der Waals surface area contributed by atoms with Gasteiger partial charge in [-0.1, -0.05) is 0 Å². The van der Waals surface area contributed by atoms with Gasteiger partial charge in [0.2, 0.25) is 6.79 Å². The van der Waals surface area contributed by atoms with Gasteiger partial charge in [-0.15, -0.1) is 0 Å². The van der Waals surface area contributed by atoms with Gasteiger partial charge in [-0.2, -0.15) is 0 Å². The molecule has 2 aromatic carbocycles. The molecule has 0 aromatic heterocycles. The molecule has 0 N–H and O–H groups in total. The summed E-state index contributed by atoms with van der Waals surface area (Å²) in [7, 11) is 5.12. The average Bonchev–Trinajstić information content (AvgIpc) is 3.12. The third-order valence-electron chi connectivity index (χ3n) is 4.88. The van der Waals surface area contributed by atoms with Crippen LogP contribution in [-0.2, 0) is 6.42 Å². The second-order valence-corrected chi connectivity index (χ2v) is 7.25. The number of methoxy groups -OCH3 is 2. The number of carbonyl (C=O) groups is 1. The number of hydrogen-bond acceptors (Lipinski definition) is 5. The van der Waals surface area contributed by atoms with E-state index in [1.165, 1.54) is 0 Å². The molecule has 2 aliphatic heterocycles. The number of likely N-dealkylation sites (N-methyl/N-ethyl adjacent to an activating group) is 1. The van der Waals surface area contributed by atoms with Crippen LogP contribution in [0, 0.1) is 0 Å². The molecule has 0 bridgehead atoms. The lowest BCUT2D eigenvalue weighted by Crippen LogP contribution is -2.33. The molecule has 0 unspecified atom stereocenters. The Bertz CT molecular complexity index is 983. The molecule has 2 aliphatic rings. The van der Waals surface area contributed by atoms with Gasteiger partial charge in [-0.3, -0.25) is 4.79 Å². The van der Waals surface area contributed by atoms with E-state index in [0.29, 0.717) is 38.7 Å². The van der Waals surface area contributed by atoms with Gasteiger partial charge in [-0.05, 0) is 45.8 Å². The lowest BCUT2D eigenvalue weighted by molar-refractivity contribution is -0.496. The molecule has 0 fully saturated rings. The fourth-order valence-electron chi connectivity index (χ4n) is 3.47. The van der Waals surface area contributed by atoms with Crippen molar-refractivity contribution >= 4 is 27.4 Å². The van der Waals surface area contributed by atoms with Crippen LogP contribution in [0.25, 0.3) is 0 Å². The Morgan fingerprint density at radius 1 is 1.07 bits per heavy atom. The summed E-state index contributed by atoms with van der Waals surface area (Å²) in [6.07, 6.45) is 0.825. The van der Waals surface area contributed by atoms with Gasteiger partial charge in [0.1, 0.15) is 13.6 Å². The van der Waals surface area contributed by atoms with Crippen molar-refractivity contribution in [3.05, 3.63) is 45.4 Å². The van der Waals surface area contributed by atoms with E-state index in [2.05, 4.69) is 15.9 Å². The molecule has 0 aliphatic carbocycles. The van der Waals surface area contributed by atoms with Crippen molar-refractivity contribution in [2.75, 3.05) is 34.6 Å². The van der Waals surface area contributed by atoms with Crippen LogP contribution < -0.4 is 18.9 Å². The average molecular weight is 433 g/mol. The summed E-state index contributed by atoms with van der Waals surface area (Å²) in [6.45, 7) is 0.904. The molecule has 0 saturated heterocycles. The summed E-state index contributed by atoms with van der Waals surface area (Å²) in [6, 6.07) is 7.32. The number of ketones is 1. The highest BCUT2D eigenvalue weighted by atomic mass is 79.9. The van der Waals surface area contributed by atoms with Crippen LogP contribution in [0.2, 0.25) is 0 Å². The molecule has 6 nitrogen and oxygen atoms in total. The summed E-state index contributed by atoms with van der Waals surface area (Å²) < 4.78 is 24.3. The van der Waals surface area contributed by atoms with Gasteiger partial charge in [0, 0.05) is 16.5 Å². The Balaban J connectivity index is 1.84. The standard InChI is InChI=1S/C20H19BrNO5/c1-22-5-4-11-6-15(24-2)16(25-3)7-12(11)19(22)20(23)13-8-17-18(9-14(13)21)27-10-26-17/h6-9H,4-5,10H2,1-3H3/q+1. The van der Waals surface area contributed by atoms with Gasteiger partial charge >= 0.3 is 0 Å². The van der Waals surface area contributed by atoms with Crippen LogP contribution in [0.1, 0.15) is 21.5 Å². The van der Waals surface area contributed by atoms with E-state index in [0.717, 1.165) is 24.1 Å². The van der Waals surface area contributed by atoms with Crippen molar-refractivity contribution in [1.82, 2.24) is 0 Å². The Kier molecular flexibility index (Phi) is 4.55. The maximum atomic E-state index is 13.5. The zero-order chi connectivity index (χ0) is 19.1. The minimum atomic E-state index is -0.0872. The molecule has 4 rings (SSSR count). The molecule has 2 aromatic rings. The van der Waals surface area contributed by atoms with Crippen molar-refractivity contribution in [2.24, 2.45) is 0 Å². The lowest BCUT2D eigenvalue weighted by atomic mass is 9.91. The number of carbonyl (C=O) groups excluding carboxylic acids is 1. The number of rotatable bonds is 4. The van der Waals surface area contributed by atoms with Crippen molar-refractivity contribution in [2.45, 2.75) is 6.42 Å².